The van der Waals surface area contributed by atoms with Gasteiger partial charge in [-0.25, -0.2) is 14.5 Å². The lowest BCUT2D eigenvalue weighted by molar-refractivity contribution is -0.0812. The van der Waals surface area contributed by atoms with Crippen molar-refractivity contribution in [2.24, 2.45) is 0 Å². The van der Waals surface area contributed by atoms with Crippen molar-refractivity contribution < 1.29 is 28.3 Å². The molecule has 0 bridgehead atoms. The van der Waals surface area contributed by atoms with Crippen LogP contribution >= 0.6 is 20.0 Å². The highest BCUT2D eigenvalue weighted by molar-refractivity contribution is 7.71. The summed E-state index contributed by atoms with van der Waals surface area (Å²) in [5.74, 6) is 0.121. The van der Waals surface area contributed by atoms with Gasteiger partial charge in [-0.15, -0.1) is 0 Å². The number of phosphoric ester groups is 1. The van der Waals surface area contributed by atoms with E-state index in [9.17, 15) is 14.6 Å². The van der Waals surface area contributed by atoms with Gasteiger partial charge in [0.05, 0.1) is 12.4 Å². The Balaban J connectivity index is 1.68. The zero-order chi connectivity index (χ0) is 21.5. The molecule has 1 saturated heterocycles. The first-order valence-corrected chi connectivity index (χ1v) is 10.9. The van der Waals surface area contributed by atoms with E-state index >= 15 is 0 Å². The summed E-state index contributed by atoms with van der Waals surface area (Å²) < 4.78 is 30.0. The highest BCUT2D eigenvalue weighted by atomic mass is 32.1. The number of imidazole rings is 1. The number of fused-ring (bicyclic) bond motifs is 1. The molecule has 3 aromatic rings. The number of nitrogens with two attached hydrogens (primary N) is 1. The van der Waals surface area contributed by atoms with Gasteiger partial charge in [-0.3, -0.25) is 13.6 Å². The van der Waals surface area contributed by atoms with Gasteiger partial charge < -0.3 is 25.5 Å². The third kappa shape index (κ3) is 4.03. The number of phosphoric acid groups is 1. The van der Waals surface area contributed by atoms with Crippen LogP contribution < -0.4 is 5.73 Å². The number of aliphatic hydroxyl groups excluding tert-OH is 1. The van der Waals surface area contributed by atoms with Crippen LogP contribution in [0.4, 0.5) is 5.95 Å². The molecule has 5 N–H and O–H groups in total. The Morgan fingerprint density at radius 2 is 2.17 bits per heavy atom. The quantitative estimate of drug-likeness (QED) is 0.322. The molecule has 4 rings (SSSR count). The zero-order valence-corrected chi connectivity index (χ0v) is 17.5. The van der Waals surface area contributed by atoms with Gasteiger partial charge in [-0.05, 0) is 5.56 Å². The lowest BCUT2D eigenvalue weighted by atomic mass is 10.0. The molecular formula is C17H20N5O6PS. The number of nitrogens with one attached hydrogen (secondary N) is 1. The number of benzene rings is 1. The number of anilines is 1. The summed E-state index contributed by atoms with van der Waals surface area (Å²) >= 11 is 5.18. The molecule has 1 aromatic carbocycles. The largest absolute Gasteiger partial charge is 0.472 e. The average molecular weight is 453 g/mol. The predicted octanol–water partition coefficient (Wildman–Crippen LogP) is 2.22. The number of hydrogen-bond acceptors (Lipinski definition) is 9. The molecule has 1 aliphatic rings. The fourth-order valence-corrected chi connectivity index (χ4v) is 4.29. The molecule has 2 aromatic heterocycles. The van der Waals surface area contributed by atoms with E-state index in [2.05, 4.69) is 19.5 Å². The first kappa shape index (κ1) is 21.1. The molecule has 0 amide bonds. The van der Waals surface area contributed by atoms with E-state index in [-0.39, 0.29) is 17.0 Å². The van der Waals surface area contributed by atoms with Crippen LogP contribution in [0.25, 0.3) is 11.2 Å². The second-order valence-corrected chi connectivity index (χ2v) is 8.62. The van der Waals surface area contributed by atoms with Crippen LogP contribution in [0.2, 0.25) is 0 Å². The van der Waals surface area contributed by atoms with E-state index in [0.29, 0.717) is 16.7 Å². The van der Waals surface area contributed by atoms with Crippen molar-refractivity contribution in [3.63, 3.8) is 0 Å². The number of nitrogens with zero attached hydrogens (tertiary/aromatic N) is 3. The molecule has 0 saturated carbocycles. The summed E-state index contributed by atoms with van der Waals surface area (Å²) in [6.45, 7) is 0. The maximum absolute atomic E-state index is 12.1. The van der Waals surface area contributed by atoms with Gasteiger partial charge in [-0.2, -0.15) is 0 Å². The van der Waals surface area contributed by atoms with Crippen LogP contribution in [0.3, 0.4) is 0 Å². The minimum atomic E-state index is -4.36. The molecule has 160 valence electrons. The third-order valence-corrected chi connectivity index (χ3v) is 6.06. The fourth-order valence-electron chi connectivity index (χ4n) is 3.43. The number of ether oxygens (including phenoxy) is 1. The van der Waals surface area contributed by atoms with Crippen LogP contribution in [-0.2, 0) is 18.3 Å². The van der Waals surface area contributed by atoms with Gasteiger partial charge >= 0.3 is 7.82 Å². The summed E-state index contributed by atoms with van der Waals surface area (Å²) in [5, 5.41) is 10.7. The Kier molecular flexibility index (Phi) is 5.73. The number of aromatic nitrogens is 4. The van der Waals surface area contributed by atoms with Crippen LogP contribution in [0.5, 0.6) is 0 Å². The van der Waals surface area contributed by atoms with Crippen molar-refractivity contribution >= 4 is 37.2 Å². The van der Waals surface area contributed by atoms with Crippen molar-refractivity contribution in [1.82, 2.24) is 19.5 Å². The van der Waals surface area contributed by atoms with Crippen LogP contribution in [0.15, 0.2) is 36.7 Å². The number of rotatable bonds is 6. The highest BCUT2D eigenvalue weighted by Gasteiger charge is 2.44. The van der Waals surface area contributed by atoms with Gasteiger partial charge in [0.2, 0.25) is 0 Å². The summed E-state index contributed by atoms with van der Waals surface area (Å²) in [5.41, 5.74) is 7.24. The predicted molar refractivity (Wildman–Crippen MR) is 109 cm³/mol. The van der Waals surface area contributed by atoms with Crippen molar-refractivity contribution in [1.29, 1.82) is 0 Å². The standard InChI is InChI=1S/C17H20N5O6PS/c1-26-29(24,25)28-13(9-5-3-2-4-6-9)14-10(23)7-11(27-14)22-8-19-12-15(22)20-17(18)21-16(12)30/h2-6,8,10-11,13-14,23H,7H2,1H3,(H,24,25)(H3,18,20,21,30)/t10-,11+,13?,14+/m0/s1. The number of hydrogen-bond donors (Lipinski definition) is 4. The van der Waals surface area contributed by atoms with E-state index < -0.39 is 32.4 Å². The lowest BCUT2D eigenvalue weighted by Gasteiger charge is -2.27. The van der Waals surface area contributed by atoms with Crippen molar-refractivity contribution in [2.75, 3.05) is 12.8 Å². The topological polar surface area (TPSA) is 158 Å². The van der Waals surface area contributed by atoms with E-state index in [4.69, 9.17) is 27.2 Å². The molecule has 0 aliphatic carbocycles. The molecular weight excluding hydrogens is 433 g/mol. The SMILES string of the molecule is COP(=O)(O)OC(c1ccccc1)[C@@H]1O[C@@H](n2cnc3c(=S)nc(N)[nH]c32)C[C@@H]1O. The van der Waals surface area contributed by atoms with E-state index in [1.54, 1.807) is 34.9 Å². The zero-order valence-electron chi connectivity index (χ0n) is 15.8. The van der Waals surface area contributed by atoms with Gasteiger partial charge in [-0.1, -0.05) is 42.5 Å². The Hall–Kier alpha value is -2.18. The molecule has 11 nitrogen and oxygen atoms in total. The molecule has 5 atom stereocenters. The molecule has 1 aliphatic heterocycles. The fraction of sp³-hybridized carbons (Fsp3) is 0.353. The minimum Gasteiger partial charge on any atom is -0.390 e. The molecule has 0 radical (unpaired) electrons. The smallest absolute Gasteiger partial charge is 0.390 e. The summed E-state index contributed by atoms with van der Waals surface area (Å²) in [7, 11) is -3.30. The molecule has 3 heterocycles. The van der Waals surface area contributed by atoms with E-state index in [1.165, 1.54) is 6.33 Å². The second kappa shape index (κ2) is 8.16. The van der Waals surface area contributed by atoms with Gasteiger partial charge in [0.1, 0.15) is 29.6 Å². The Bertz CT molecular complexity index is 1150. The average Bonchev–Trinajstić information content (AvgIpc) is 3.30. The van der Waals surface area contributed by atoms with Crippen molar-refractivity contribution in [3.8, 4) is 0 Å². The number of nitrogen functional groups attached to an aromatic ring is 1. The molecule has 13 heteroatoms. The van der Waals surface area contributed by atoms with Gasteiger partial charge in [0.25, 0.3) is 0 Å². The van der Waals surface area contributed by atoms with E-state index in [0.717, 1.165) is 7.11 Å². The van der Waals surface area contributed by atoms with Crippen LogP contribution in [-0.4, -0.2) is 48.8 Å². The monoisotopic (exact) mass is 453 g/mol. The Morgan fingerprint density at radius 3 is 2.87 bits per heavy atom. The normalized spacial score (nSPS) is 24.7. The van der Waals surface area contributed by atoms with Crippen molar-refractivity contribution in [3.05, 3.63) is 46.9 Å². The summed E-state index contributed by atoms with van der Waals surface area (Å²) in [4.78, 5) is 21.0. The van der Waals surface area contributed by atoms with Crippen LogP contribution in [0, 0.1) is 4.64 Å². The first-order chi connectivity index (χ1) is 14.3. The molecule has 1 fully saturated rings. The van der Waals surface area contributed by atoms with Crippen molar-refractivity contribution in [2.45, 2.75) is 31.0 Å². The number of aromatic amines is 1. The number of aliphatic hydroxyl groups is 1. The lowest BCUT2D eigenvalue weighted by Crippen LogP contribution is -2.30. The maximum Gasteiger partial charge on any atom is 0.472 e. The Labute approximate surface area is 176 Å². The van der Waals surface area contributed by atoms with E-state index in [1.807, 2.05) is 0 Å². The first-order valence-electron chi connectivity index (χ1n) is 8.97. The molecule has 2 unspecified atom stereocenters. The summed E-state index contributed by atoms with van der Waals surface area (Å²) in [6.07, 6.45) is -1.99. The maximum atomic E-state index is 12.1. The van der Waals surface area contributed by atoms with Crippen LogP contribution in [0.1, 0.15) is 24.3 Å². The molecule has 30 heavy (non-hydrogen) atoms. The number of H-pyrrole nitrogens is 1. The minimum absolute atomic E-state index is 0.121. The second-order valence-electron chi connectivity index (χ2n) is 6.72. The van der Waals surface area contributed by atoms with Gasteiger partial charge in [0.15, 0.2) is 10.6 Å². The molecule has 0 spiro atoms. The van der Waals surface area contributed by atoms with Gasteiger partial charge in [0, 0.05) is 13.5 Å². The Morgan fingerprint density at radius 1 is 1.43 bits per heavy atom. The summed E-state index contributed by atoms with van der Waals surface area (Å²) in [6, 6.07) is 8.71. The highest BCUT2D eigenvalue weighted by Crippen LogP contribution is 2.50. The third-order valence-electron chi connectivity index (χ3n) is 4.82.